The van der Waals surface area contributed by atoms with Crippen molar-refractivity contribution in [1.82, 2.24) is 5.32 Å². The van der Waals surface area contributed by atoms with Gasteiger partial charge in [0.2, 0.25) is 0 Å². The van der Waals surface area contributed by atoms with Crippen molar-refractivity contribution in [2.75, 3.05) is 21.3 Å². The van der Waals surface area contributed by atoms with E-state index in [1.807, 2.05) is 0 Å². The zero-order valence-electron chi connectivity index (χ0n) is 10.7. The van der Waals surface area contributed by atoms with Gasteiger partial charge in [0.1, 0.15) is 17.5 Å². The van der Waals surface area contributed by atoms with Gasteiger partial charge in [-0.3, -0.25) is 0 Å². The molecule has 0 aliphatic rings. The van der Waals surface area contributed by atoms with Gasteiger partial charge in [0, 0.05) is 11.6 Å². The van der Waals surface area contributed by atoms with Crippen LogP contribution in [0.25, 0.3) is 0 Å². The smallest absolute Gasteiger partial charge is 0.408 e. The molecule has 0 heterocycles. The van der Waals surface area contributed by atoms with Crippen LogP contribution < -0.4 is 14.8 Å². The first-order valence-electron chi connectivity index (χ1n) is 5.31. The third kappa shape index (κ3) is 2.87. The lowest BCUT2D eigenvalue weighted by atomic mass is 9.99. The molecule has 1 rings (SSSR count). The molecule has 0 amide bonds. The SMILES string of the molecule is CNC(c1c(C)cc(OC)cc1OC)C(F)(F)F. The van der Waals surface area contributed by atoms with Gasteiger partial charge in [-0.1, -0.05) is 0 Å². The van der Waals surface area contributed by atoms with Gasteiger partial charge >= 0.3 is 6.18 Å². The molecular weight excluding hydrogens is 247 g/mol. The summed E-state index contributed by atoms with van der Waals surface area (Å²) in [5.74, 6) is 0.619. The summed E-state index contributed by atoms with van der Waals surface area (Å²) < 4.78 is 48.8. The number of rotatable bonds is 4. The Kier molecular flexibility index (Phi) is 4.45. The van der Waals surface area contributed by atoms with Gasteiger partial charge < -0.3 is 14.8 Å². The van der Waals surface area contributed by atoms with Crippen LogP contribution in [0.15, 0.2) is 12.1 Å². The largest absolute Gasteiger partial charge is 0.497 e. The monoisotopic (exact) mass is 263 g/mol. The summed E-state index contributed by atoms with van der Waals surface area (Å²) in [4.78, 5) is 0. The molecular formula is C12H16F3NO2. The first-order valence-corrected chi connectivity index (χ1v) is 5.31. The fraction of sp³-hybridized carbons (Fsp3) is 0.500. The maximum Gasteiger partial charge on any atom is 0.408 e. The number of benzene rings is 1. The van der Waals surface area contributed by atoms with Gasteiger partial charge in [-0.2, -0.15) is 13.2 Å². The van der Waals surface area contributed by atoms with E-state index in [1.54, 1.807) is 13.0 Å². The van der Waals surface area contributed by atoms with Crippen molar-refractivity contribution in [2.24, 2.45) is 0 Å². The van der Waals surface area contributed by atoms with Gasteiger partial charge in [-0.15, -0.1) is 0 Å². The maximum absolute atomic E-state index is 12.9. The second kappa shape index (κ2) is 5.48. The van der Waals surface area contributed by atoms with Crippen molar-refractivity contribution in [3.8, 4) is 11.5 Å². The third-order valence-electron chi connectivity index (χ3n) is 2.68. The van der Waals surface area contributed by atoms with Crippen LogP contribution in [0.1, 0.15) is 17.2 Å². The zero-order valence-corrected chi connectivity index (χ0v) is 10.7. The van der Waals surface area contributed by atoms with Crippen molar-refractivity contribution in [3.63, 3.8) is 0 Å². The molecule has 0 saturated heterocycles. The van der Waals surface area contributed by atoms with Crippen LogP contribution in [0.2, 0.25) is 0 Å². The Labute approximate surface area is 104 Å². The number of halogens is 3. The quantitative estimate of drug-likeness (QED) is 0.906. The lowest BCUT2D eigenvalue weighted by molar-refractivity contribution is -0.156. The lowest BCUT2D eigenvalue weighted by Gasteiger charge is -2.24. The molecule has 1 N–H and O–H groups in total. The lowest BCUT2D eigenvalue weighted by Crippen LogP contribution is -2.32. The highest BCUT2D eigenvalue weighted by molar-refractivity contribution is 5.48. The molecule has 0 radical (unpaired) electrons. The first-order chi connectivity index (χ1) is 8.35. The average molecular weight is 263 g/mol. The molecule has 1 aromatic rings. The average Bonchev–Trinajstić information content (AvgIpc) is 2.29. The number of aryl methyl sites for hydroxylation is 1. The van der Waals surface area contributed by atoms with Crippen LogP contribution in [-0.4, -0.2) is 27.4 Å². The predicted octanol–water partition coefficient (Wildman–Crippen LogP) is 2.84. The van der Waals surface area contributed by atoms with E-state index in [9.17, 15) is 13.2 Å². The fourth-order valence-electron chi connectivity index (χ4n) is 1.86. The molecule has 3 nitrogen and oxygen atoms in total. The van der Waals surface area contributed by atoms with Crippen molar-refractivity contribution in [1.29, 1.82) is 0 Å². The van der Waals surface area contributed by atoms with E-state index in [0.29, 0.717) is 11.3 Å². The molecule has 1 atom stereocenters. The molecule has 0 aliphatic carbocycles. The van der Waals surface area contributed by atoms with E-state index in [4.69, 9.17) is 9.47 Å². The van der Waals surface area contributed by atoms with Crippen LogP contribution in [0, 0.1) is 6.92 Å². The van der Waals surface area contributed by atoms with Crippen molar-refractivity contribution in [2.45, 2.75) is 19.1 Å². The van der Waals surface area contributed by atoms with Crippen LogP contribution >= 0.6 is 0 Å². The highest BCUT2D eigenvalue weighted by Crippen LogP contribution is 2.40. The van der Waals surface area contributed by atoms with Gasteiger partial charge in [0.15, 0.2) is 0 Å². The van der Waals surface area contributed by atoms with Gasteiger partial charge in [0.25, 0.3) is 0 Å². The second-order valence-electron chi connectivity index (χ2n) is 3.82. The Morgan fingerprint density at radius 1 is 1.17 bits per heavy atom. The summed E-state index contributed by atoms with van der Waals surface area (Å²) in [6.45, 7) is 1.59. The Hall–Kier alpha value is -1.43. The number of hydrogen-bond acceptors (Lipinski definition) is 3. The van der Waals surface area contributed by atoms with Gasteiger partial charge in [-0.05, 0) is 25.6 Å². The summed E-state index contributed by atoms with van der Waals surface area (Å²) in [5.41, 5.74) is 0.538. The molecule has 102 valence electrons. The second-order valence-corrected chi connectivity index (χ2v) is 3.82. The number of nitrogens with one attached hydrogen (secondary N) is 1. The number of ether oxygens (including phenoxy) is 2. The first kappa shape index (κ1) is 14.6. The molecule has 0 spiro atoms. The van der Waals surface area contributed by atoms with Crippen LogP contribution in [0.5, 0.6) is 11.5 Å². The topological polar surface area (TPSA) is 30.5 Å². The van der Waals surface area contributed by atoms with Crippen LogP contribution in [0.3, 0.4) is 0 Å². The predicted molar refractivity (Wildman–Crippen MR) is 62.1 cm³/mol. The Balaban J connectivity index is 3.38. The highest BCUT2D eigenvalue weighted by atomic mass is 19.4. The van der Waals surface area contributed by atoms with E-state index in [-0.39, 0.29) is 11.3 Å². The van der Waals surface area contributed by atoms with Crippen LogP contribution in [0.4, 0.5) is 13.2 Å². The zero-order chi connectivity index (χ0) is 13.9. The van der Waals surface area contributed by atoms with E-state index < -0.39 is 12.2 Å². The summed E-state index contributed by atoms with van der Waals surface area (Å²) in [6.07, 6.45) is -4.39. The van der Waals surface area contributed by atoms with Crippen LogP contribution in [-0.2, 0) is 0 Å². The Morgan fingerprint density at radius 3 is 2.17 bits per heavy atom. The number of hydrogen-bond donors (Lipinski definition) is 1. The molecule has 1 unspecified atom stereocenters. The normalized spacial score (nSPS) is 13.3. The minimum atomic E-state index is -4.39. The molecule has 0 saturated carbocycles. The molecule has 18 heavy (non-hydrogen) atoms. The molecule has 1 aromatic carbocycles. The minimum Gasteiger partial charge on any atom is -0.497 e. The summed E-state index contributed by atoms with van der Waals surface area (Å²) >= 11 is 0. The molecule has 0 fully saturated rings. The molecule has 0 aliphatic heterocycles. The summed E-state index contributed by atoms with van der Waals surface area (Å²) in [5, 5.41) is 2.27. The van der Waals surface area contributed by atoms with Crippen molar-refractivity contribution in [3.05, 3.63) is 23.3 Å². The third-order valence-corrected chi connectivity index (χ3v) is 2.68. The Morgan fingerprint density at radius 2 is 1.78 bits per heavy atom. The Bertz CT molecular complexity index is 419. The molecule has 0 aromatic heterocycles. The minimum absolute atomic E-state index is 0.0771. The van der Waals surface area contributed by atoms with Gasteiger partial charge in [-0.25, -0.2) is 0 Å². The standard InChI is InChI=1S/C12H16F3NO2/c1-7-5-8(17-3)6-9(18-4)10(7)11(16-2)12(13,14)15/h5-6,11,16H,1-4H3. The number of alkyl halides is 3. The maximum atomic E-state index is 12.9. The van der Waals surface area contributed by atoms with Gasteiger partial charge in [0.05, 0.1) is 14.2 Å². The van der Waals surface area contributed by atoms with E-state index in [2.05, 4.69) is 5.32 Å². The summed E-state index contributed by atoms with van der Waals surface area (Å²) in [6, 6.07) is 1.23. The van der Waals surface area contributed by atoms with E-state index in [0.717, 1.165) is 0 Å². The summed E-state index contributed by atoms with van der Waals surface area (Å²) in [7, 11) is 4.05. The van der Waals surface area contributed by atoms with E-state index in [1.165, 1.54) is 27.3 Å². The number of methoxy groups -OCH3 is 2. The van der Waals surface area contributed by atoms with Crippen molar-refractivity contribution < 1.29 is 22.6 Å². The molecule has 0 bridgehead atoms. The van der Waals surface area contributed by atoms with E-state index >= 15 is 0 Å². The highest BCUT2D eigenvalue weighted by Gasteiger charge is 2.42. The molecule has 6 heteroatoms. The van der Waals surface area contributed by atoms with Crippen molar-refractivity contribution >= 4 is 0 Å². The fourth-order valence-corrected chi connectivity index (χ4v) is 1.86.